The number of nitrogens with zero attached hydrogens (tertiary/aromatic N) is 1. The van der Waals surface area contributed by atoms with Crippen molar-refractivity contribution in [1.82, 2.24) is 9.55 Å². The maximum atomic E-state index is 12.7. The van der Waals surface area contributed by atoms with Gasteiger partial charge in [0.2, 0.25) is 0 Å². The summed E-state index contributed by atoms with van der Waals surface area (Å²) in [4.78, 5) is 28.0. The third-order valence-corrected chi connectivity index (χ3v) is 6.36. The topological polar surface area (TPSA) is 154 Å². The number of H-pyrrole nitrogens is 1. The van der Waals surface area contributed by atoms with Crippen molar-refractivity contribution in [1.29, 1.82) is 0 Å². The van der Waals surface area contributed by atoms with Gasteiger partial charge in [0.15, 0.2) is 6.29 Å². The van der Waals surface area contributed by atoms with Crippen molar-refractivity contribution in [2.24, 2.45) is 0 Å². The van der Waals surface area contributed by atoms with Crippen LogP contribution in [-0.4, -0.2) is 73.4 Å². The van der Waals surface area contributed by atoms with Crippen molar-refractivity contribution in [3.05, 3.63) is 32.1 Å². The van der Waals surface area contributed by atoms with E-state index < -0.39 is 37.3 Å². The average molecular weight is 412 g/mol. The molecule has 5 N–H and O–H groups in total. The molecule has 5 atom stereocenters. The summed E-state index contributed by atoms with van der Waals surface area (Å²) in [6.45, 7) is -0.512. The minimum absolute atomic E-state index is 0.195. The maximum absolute atomic E-state index is 12.7. The standard InChI is InChI=1S/C19H28N2O8/c22-8-13-14(23)15(24)16(25)18(29-13)28-10-6-4-9(5-7-10)21-17(26)11-2-1-3-12(11)20-19(21)27/h9-10,13-16,18,22-25H,1-8H2,(H,20,27)/t9?,10?,13-,14-,15+,16-,18-/m1/s1. The van der Waals surface area contributed by atoms with Gasteiger partial charge < -0.3 is 34.9 Å². The number of aliphatic hydroxyl groups excluding tert-OH is 4. The molecule has 1 aromatic heterocycles. The number of fused-ring (bicyclic) bond motifs is 1. The van der Waals surface area contributed by atoms with E-state index in [0.29, 0.717) is 37.7 Å². The lowest BCUT2D eigenvalue weighted by Crippen LogP contribution is -2.59. The predicted molar refractivity (Wildman–Crippen MR) is 99.5 cm³/mol. The lowest BCUT2D eigenvalue weighted by molar-refractivity contribution is -0.313. The maximum Gasteiger partial charge on any atom is 0.328 e. The highest BCUT2D eigenvalue weighted by Gasteiger charge is 2.45. The molecule has 2 aliphatic carbocycles. The van der Waals surface area contributed by atoms with Crippen LogP contribution in [0.15, 0.2) is 9.59 Å². The Balaban J connectivity index is 1.41. The van der Waals surface area contributed by atoms with Crippen LogP contribution in [0.1, 0.15) is 49.4 Å². The molecular weight excluding hydrogens is 384 g/mol. The minimum atomic E-state index is -1.48. The molecule has 0 spiro atoms. The molecule has 0 bridgehead atoms. The first kappa shape index (κ1) is 20.7. The average Bonchev–Trinajstić information content (AvgIpc) is 3.18. The molecule has 0 amide bonds. The van der Waals surface area contributed by atoms with Crippen LogP contribution in [0.25, 0.3) is 0 Å². The Morgan fingerprint density at radius 3 is 2.45 bits per heavy atom. The van der Waals surface area contributed by atoms with Gasteiger partial charge >= 0.3 is 5.69 Å². The Kier molecular flexibility index (Phi) is 5.92. The molecular formula is C19H28N2O8. The van der Waals surface area contributed by atoms with Crippen molar-refractivity contribution >= 4 is 0 Å². The fourth-order valence-corrected chi connectivity index (χ4v) is 4.69. The van der Waals surface area contributed by atoms with Gasteiger partial charge in [0, 0.05) is 17.3 Å². The first-order valence-electron chi connectivity index (χ1n) is 10.2. The van der Waals surface area contributed by atoms with E-state index in [1.165, 1.54) is 4.57 Å². The quantitative estimate of drug-likeness (QED) is 0.393. The van der Waals surface area contributed by atoms with Crippen LogP contribution in [0.4, 0.5) is 0 Å². The third kappa shape index (κ3) is 3.80. The van der Waals surface area contributed by atoms with Gasteiger partial charge in [-0.25, -0.2) is 4.79 Å². The Morgan fingerprint density at radius 1 is 1.03 bits per heavy atom. The van der Waals surface area contributed by atoms with Gasteiger partial charge in [-0.2, -0.15) is 0 Å². The van der Waals surface area contributed by atoms with E-state index in [2.05, 4.69) is 4.98 Å². The highest BCUT2D eigenvalue weighted by atomic mass is 16.7. The van der Waals surface area contributed by atoms with Gasteiger partial charge in [-0.1, -0.05) is 0 Å². The minimum Gasteiger partial charge on any atom is -0.394 e. The Labute approximate surface area is 166 Å². The molecule has 2 heterocycles. The molecule has 29 heavy (non-hydrogen) atoms. The van der Waals surface area contributed by atoms with Crippen LogP contribution in [0.5, 0.6) is 0 Å². The second-order valence-corrected chi connectivity index (χ2v) is 8.18. The Bertz CT molecular complexity index is 842. The van der Waals surface area contributed by atoms with E-state index in [-0.39, 0.29) is 23.4 Å². The van der Waals surface area contributed by atoms with Gasteiger partial charge in [-0.15, -0.1) is 0 Å². The number of hydrogen-bond donors (Lipinski definition) is 5. The summed E-state index contributed by atoms with van der Waals surface area (Å²) >= 11 is 0. The molecule has 4 rings (SSSR count). The molecule has 1 aliphatic heterocycles. The monoisotopic (exact) mass is 412 g/mol. The zero-order valence-corrected chi connectivity index (χ0v) is 16.1. The summed E-state index contributed by atoms with van der Waals surface area (Å²) in [7, 11) is 0. The van der Waals surface area contributed by atoms with Crippen molar-refractivity contribution < 1.29 is 29.9 Å². The summed E-state index contributed by atoms with van der Waals surface area (Å²) < 4.78 is 12.5. The SMILES string of the molecule is O=c1[nH]c2c(c(=O)n1C1CCC(O[C@@H]3O[C@H](CO)[C@@H](O)[C@H](O)[C@H]3O)CC1)CCC2. The van der Waals surface area contributed by atoms with Crippen LogP contribution in [0.3, 0.4) is 0 Å². The van der Waals surface area contributed by atoms with E-state index in [9.17, 15) is 30.0 Å². The normalized spacial score (nSPS) is 37.4. The summed E-state index contributed by atoms with van der Waals surface area (Å²) in [5, 5.41) is 39.1. The van der Waals surface area contributed by atoms with Gasteiger partial charge in [0.1, 0.15) is 24.4 Å². The molecule has 0 radical (unpaired) electrons. The zero-order chi connectivity index (χ0) is 20.7. The lowest BCUT2D eigenvalue weighted by atomic mass is 9.92. The number of nitrogens with one attached hydrogen (secondary N) is 1. The zero-order valence-electron chi connectivity index (χ0n) is 16.1. The van der Waals surface area contributed by atoms with Gasteiger partial charge in [0.05, 0.1) is 12.7 Å². The predicted octanol–water partition coefficient (Wildman–Crippen LogP) is -1.67. The molecule has 1 saturated heterocycles. The van der Waals surface area contributed by atoms with Gasteiger partial charge in [0.25, 0.3) is 5.56 Å². The summed E-state index contributed by atoms with van der Waals surface area (Å²) in [5.74, 6) is 0. The van der Waals surface area contributed by atoms with E-state index in [1.54, 1.807) is 0 Å². The molecule has 1 aromatic rings. The Hall–Kier alpha value is -1.56. The fourth-order valence-electron chi connectivity index (χ4n) is 4.69. The molecule has 162 valence electrons. The number of hydrogen-bond acceptors (Lipinski definition) is 8. The first-order chi connectivity index (χ1) is 13.9. The van der Waals surface area contributed by atoms with Crippen molar-refractivity contribution in [2.75, 3.05) is 6.61 Å². The number of aliphatic hydroxyl groups is 4. The molecule has 3 aliphatic rings. The second kappa shape index (κ2) is 8.29. The van der Waals surface area contributed by atoms with Crippen LogP contribution < -0.4 is 11.2 Å². The number of rotatable bonds is 4. The van der Waals surface area contributed by atoms with Crippen LogP contribution in [-0.2, 0) is 22.3 Å². The number of aromatic nitrogens is 2. The highest BCUT2D eigenvalue weighted by Crippen LogP contribution is 2.32. The van der Waals surface area contributed by atoms with Crippen molar-refractivity contribution in [3.8, 4) is 0 Å². The second-order valence-electron chi connectivity index (χ2n) is 8.18. The largest absolute Gasteiger partial charge is 0.394 e. The Morgan fingerprint density at radius 2 is 1.76 bits per heavy atom. The summed E-state index contributed by atoms with van der Waals surface area (Å²) in [5.41, 5.74) is 0.911. The van der Waals surface area contributed by atoms with E-state index >= 15 is 0 Å². The lowest BCUT2D eigenvalue weighted by Gasteiger charge is -2.41. The molecule has 1 saturated carbocycles. The van der Waals surface area contributed by atoms with E-state index in [0.717, 1.165) is 18.5 Å². The number of aryl methyl sites for hydroxylation is 1. The molecule has 0 aromatic carbocycles. The fraction of sp³-hybridized carbons (Fsp3) is 0.789. The molecule has 10 nitrogen and oxygen atoms in total. The molecule has 0 unspecified atom stereocenters. The van der Waals surface area contributed by atoms with Crippen LogP contribution >= 0.6 is 0 Å². The smallest absolute Gasteiger partial charge is 0.328 e. The summed E-state index contributed by atoms with van der Waals surface area (Å²) in [6.07, 6.45) is -2.31. The van der Waals surface area contributed by atoms with Crippen molar-refractivity contribution in [3.63, 3.8) is 0 Å². The van der Waals surface area contributed by atoms with Gasteiger partial charge in [-0.3, -0.25) is 9.36 Å². The first-order valence-corrected chi connectivity index (χ1v) is 10.2. The number of ether oxygens (including phenoxy) is 2. The van der Waals surface area contributed by atoms with E-state index in [1.807, 2.05) is 0 Å². The number of aromatic amines is 1. The summed E-state index contributed by atoms with van der Waals surface area (Å²) in [6, 6.07) is -0.216. The highest BCUT2D eigenvalue weighted by molar-refractivity contribution is 5.22. The molecule has 2 fully saturated rings. The van der Waals surface area contributed by atoms with Crippen LogP contribution in [0, 0.1) is 0 Å². The third-order valence-electron chi connectivity index (χ3n) is 6.36. The van der Waals surface area contributed by atoms with Crippen molar-refractivity contribution in [2.45, 2.75) is 87.8 Å². The molecule has 10 heteroatoms. The van der Waals surface area contributed by atoms with E-state index in [4.69, 9.17) is 9.47 Å². The van der Waals surface area contributed by atoms with Crippen LogP contribution in [0.2, 0.25) is 0 Å². The van der Waals surface area contributed by atoms with Gasteiger partial charge in [-0.05, 0) is 44.9 Å².